The van der Waals surface area contributed by atoms with Crippen LogP contribution in [0.15, 0.2) is 30.3 Å². The maximum absolute atomic E-state index is 10.5. The summed E-state index contributed by atoms with van der Waals surface area (Å²) in [4.78, 5) is 10.5. The number of nitrogens with zero attached hydrogens (tertiary/aromatic N) is 3. The van der Waals surface area contributed by atoms with Crippen molar-refractivity contribution in [1.29, 1.82) is 0 Å². The Morgan fingerprint density at radius 2 is 2.07 bits per heavy atom. The summed E-state index contributed by atoms with van der Waals surface area (Å²) in [5.74, 6) is 0.300. The number of nitrogen functional groups attached to an aromatic ring is 1. The van der Waals surface area contributed by atoms with Gasteiger partial charge in [0, 0.05) is 0 Å². The second kappa shape index (κ2) is 3.91. The lowest BCUT2D eigenvalue weighted by Crippen LogP contribution is -2.06. The highest BCUT2D eigenvalue weighted by Gasteiger charge is 2.07. The minimum atomic E-state index is 0.186. The molecule has 15 heavy (non-hydrogen) atoms. The summed E-state index contributed by atoms with van der Waals surface area (Å²) in [7, 11) is 0. The van der Waals surface area contributed by atoms with Crippen molar-refractivity contribution in [3.63, 3.8) is 0 Å². The average Bonchev–Trinajstić information content (AvgIpc) is 2.62. The minimum Gasteiger partial charge on any atom is -0.382 e. The molecule has 0 amide bonds. The van der Waals surface area contributed by atoms with E-state index in [4.69, 9.17) is 5.73 Å². The first kappa shape index (κ1) is 9.39. The number of nitrogens with two attached hydrogens (primary N) is 1. The summed E-state index contributed by atoms with van der Waals surface area (Å²) in [5, 5.41) is 7.44. The number of hydrogen-bond acceptors (Lipinski definition) is 4. The molecule has 0 bridgehead atoms. The van der Waals surface area contributed by atoms with Crippen LogP contribution >= 0.6 is 0 Å². The number of benzene rings is 1. The van der Waals surface area contributed by atoms with Crippen LogP contribution in [0.25, 0.3) is 0 Å². The zero-order valence-electron chi connectivity index (χ0n) is 8.00. The number of carbonyl (C=O) groups is 1. The molecule has 2 aromatic rings. The Bertz CT molecular complexity index is 464. The molecule has 76 valence electrons. The summed E-state index contributed by atoms with van der Waals surface area (Å²) in [6.45, 7) is 0.521. The maximum atomic E-state index is 10.5. The fourth-order valence-electron chi connectivity index (χ4n) is 1.29. The highest BCUT2D eigenvalue weighted by molar-refractivity contribution is 5.78. The Balaban J connectivity index is 2.25. The number of anilines is 1. The smallest absolute Gasteiger partial charge is 0.174 e. The predicted octanol–water partition coefficient (Wildman–Crippen LogP) is 0.721. The van der Waals surface area contributed by atoms with Gasteiger partial charge in [0.05, 0.1) is 6.54 Å². The Morgan fingerprint density at radius 1 is 1.33 bits per heavy atom. The van der Waals surface area contributed by atoms with E-state index in [1.54, 1.807) is 0 Å². The largest absolute Gasteiger partial charge is 0.382 e. The molecule has 0 atom stereocenters. The van der Waals surface area contributed by atoms with Crippen LogP contribution in [0.1, 0.15) is 16.1 Å². The third-order valence-corrected chi connectivity index (χ3v) is 2.09. The molecule has 0 fully saturated rings. The minimum absolute atomic E-state index is 0.186. The molecule has 5 heteroatoms. The van der Waals surface area contributed by atoms with Crippen molar-refractivity contribution in [1.82, 2.24) is 15.0 Å². The van der Waals surface area contributed by atoms with Gasteiger partial charge in [-0.2, -0.15) is 0 Å². The van der Waals surface area contributed by atoms with Crippen LogP contribution in [0.3, 0.4) is 0 Å². The van der Waals surface area contributed by atoms with Gasteiger partial charge in [0.2, 0.25) is 0 Å². The van der Waals surface area contributed by atoms with Crippen molar-refractivity contribution in [3.05, 3.63) is 41.6 Å². The summed E-state index contributed by atoms with van der Waals surface area (Å²) in [6.07, 6.45) is 0.601. The molecule has 0 spiro atoms. The zero-order valence-corrected chi connectivity index (χ0v) is 8.00. The molecule has 0 aliphatic carbocycles. The SMILES string of the molecule is Nc1c(C=O)nnn1Cc1ccccc1. The molecular weight excluding hydrogens is 192 g/mol. The topological polar surface area (TPSA) is 73.8 Å². The Kier molecular flexibility index (Phi) is 2.45. The lowest BCUT2D eigenvalue weighted by atomic mass is 10.2. The molecule has 0 saturated carbocycles. The molecule has 1 aromatic heterocycles. The zero-order chi connectivity index (χ0) is 10.7. The van der Waals surface area contributed by atoms with E-state index in [-0.39, 0.29) is 5.69 Å². The molecule has 0 saturated heterocycles. The van der Waals surface area contributed by atoms with Gasteiger partial charge in [-0.15, -0.1) is 5.10 Å². The Labute approximate surface area is 86.5 Å². The molecule has 0 unspecified atom stereocenters. The normalized spacial score (nSPS) is 10.1. The molecule has 1 heterocycles. The third-order valence-electron chi connectivity index (χ3n) is 2.09. The first-order chi connectivity index (χ1) is 7.31. The van der Waals surface area contributed by atoms with E-state index in [1.165, 1.54) is 4.68 Å². The van der Waals surface area contributed by atoms with E-state index in [0.717, 1.165) is 5.56 Å². The quantitative estimate of drug-likeness (QED) is 0.744. The number of carbonyl (C=O) groups excluding carboxylic acids is 1. The lowest BCUT2D eigenvalue weighted by molar-refractivity contribution is 0.112. The summed E-state index contributed by atoms with van der Waals surface area (Å²) in [6, 6.07) is 9.72. The van der Waals surface area contributed by atoms with E-state index in [2.05, 4.69) is 10.3 Å². The van der Waals surface area contributed by atoms with Crippen molar-refractivity contribution in [2.24, 2.45) is 0 Å². The second-order valence-corrected chi connectivity index (χ2v) is 3.12. The average molecular weight is 202 g/mol. The lowest BCUT2D eigenvalue weighted by Gasteiger charge is -2.02. The van der Waals surface area contributed by atoms with E-state index in [1.807, 2.05) is 30.3 Å². The van der Waals surface area contributed by atoms with Crippen LogP contribution in [-0.2, 0) is 6.54 Å². The van der Waals surface area contributed by atoms with Gasteiger partial charge >= 0.3 is 0 Å². The van der Waals surface area contributed by atoms with Gasteiger partial charge in [-0.3, -0.25) is 4.79 Å². The van der Waals surface area contributed by atoms with Crippen LogP contribution < -0.4 is 5.73 Å². The van der Waals surface area contributed by atoms with Gasteiger partial charge in [-0.05, 0) is 5.56 Å². The van der Waals surface area contributed by atoms with Crippen molar-refractivity contribution in [2.45, 2.75) is 6.54 Å². The van der Waals surface area contributed by atoms with Crippen molar-refractivity contribution in [3.8, 4) is 0 Å². The molecule has 2 N–H and O–H groups in total. The van der Waals surface area contributed by atoms with Crippen LogP contribution in [0, 0.1) is 0 Å². The van der Waals surface area contributed by atoms with Crippen molar-refractivity contribution in [2.75, 3.05) is 5.73 Å². The molecule has 0 radical (unpaired) electrons. The van der Waals surface area contributed by atoms with Gasteiger partial charge in [0.15, 0.2) is 17.8 Å². The molecule has 1 aromatic carbocycles. The standard InChI is InChI=1S/C10H10N4O/c11-10-9(7-15)12-13-14(10)6-8-4-2-1-3-5-8/h1-5,7H,6,11H2. The fourth-order valence-corrected chi connectivity index (χ4v) is 1.29. The van der Waals surface area contributed by atoms with Crippen molar-refractivity contribution >= 4 is 12.1 Å². The number of rotatable bonds is 3. The molecule has 2 rings (SSSR count). The highest BCUT2D eigenvalue weighted by atomic mass is 16.1. The van der Waals surface area contributed by atoms with Crippen LogP contribution in [-0.4, -0.2) is 21.3 Å². The van der Waals surface area contributed by atoms with E-state index in [9.17, 15) is 4.79 Å². The van der Waals surface area contributed by atoms with Crippen LogP contribution in [0.4, 0.5) is 5.82 Å². The van der Waals surface area contributed by atoms with E-state index in [0.29, 0.717) is 18.6 Å². The number of aldehydes is 1. The van der Waals surface area contributed by atoms with Crippen molar-refractivity contribution < 1.29 is 4.79 Å². The van der Waals surface area contributed by atoms with Crippen LogP contribution in [0.2, 0.25) is 0 Å². The Morgan fingerprint density at radius 3 is 2.67 bits per heavy atom. The third kappa shape index (κ3) is 1.85. The molecule has 0 aliphatic rings. The summed E-state index contributed by atoms with van der Waals surface area (Å²) < 4.78 is 1.50. The first-order valence-corrected chi connectivity index (χ1v) is 4.49. The number of hydrogen-bond donors (Lipinski definition) is 1. The summed E-state index contributed by atoms with van der Waals surface area (Å²) in [5.41, 5.74) is 6.92. The maximum Gasteiger partial charge on any atom is 0.174 e. The Hall–Kier alpha value is -2.17. The van der Waals surface area contributed by atoms with Gasteiger partial charge in [0.25, 0.3) is 0 Å². The van der Waals surface area contributed by atoms with E-state index < -0.39 is 0 Å². The molecule has 5 nitrogen and oxygen atoms in total. The van der Waals surface area contributed by atoms with Gasteiger partial charge in [0.1, 0.15) is 0 Å². The van der Waals surface area contributed by atoms with Crippen LogP contribution in [0.5, 0.6) is 0 Å². The summed E-state index contributed by atoms with van der Waals surface area (Å²) >= 11 is 0. The molecular formula is C10H10N4O. The van der Waals surface area contributed by atoms with Gasteiger partial charge < -0.3 is 5.73 Å². The number of aromatic nitrogens is 3. The van der Waals surface area contributed by atoms with E-state index >= 15 is 0 Å². The first-order valence-electron chi connectivity index (χ1n) is 4.49. The van der Waals surface area contributed by atoms with Gasteiger partial charge in [-0.25, -0.2) is 4.68 Å². The van der Waals surface area contributed by atoms with Gasteiger partial charge in [-0.1, -0.05) is 35.5 Å². The monoisotopic (exact) mass is 202 g/mol. The highest BCUT2D eigenvalue weighted by Crippen LogP contribution is 2.08. The predicted molar refractivity (Wildman–Crippen MR) is 55.4 cm³/mol. The molecule has 0 aliphatic heterocycles. The fraction of sp³-hybridized carbons (Fsp3) is 0.100. The second-order valence-electron chi connectivity index (χ2n) is 3.12.